The van der Waals surface area contributed by atoms with Gasteiger partial charge in [-0.05, 0) is 19.4 Å². The van der Waals surface area contributed by atoms with Crippen molar-refractivity contribution >= 4 is 40.7 Å². The first kappa shape index (κ1) is 17.9. The van der Waals surface area contributed by atoms with Gasteiger partial charge in [-0.3, -0.25) is 0 Å². The molecule has 0 spiro atoms. The van der Waals surface area contributed by atoms with E-state index in [0.29, 0.717) is 0 Å². The van der Waals surface area contributed by atoms with Crippen molar-refractivity contribution in [3.8, 4) is 0 Å². The van der Waals surface area contributed by atoms with Crippen molar-refractivity contribution in [1.29, 1.82) is 0 Å². The first-order chi connectivity index (χ1) is 7.33. The SMILES string of the molecule is C=CCCCC[SiH2]O[SiH2]O[SiH3].CCO[SiH3]. The molecular weight excluding hydrogens is 256 g/mol. The van der Waals surface area contributed by atoms with Crippen LogP contribution < -0.4 is 0 Å². The summed E-state index contributed by atoms with van der Waals surface area (Å²) in [6, 6.07) is 1.31. The minimum absolute atomic E-state index is 0.203. The molecule has 0 N–H and O–H groups in total. The normalized spacial score (nSPS) is 11.3. The Hall–Kier alpha value is 0.488. The van der Waals surface area contributed by atoms with Crippen LogP contribution in [0.4, 0.5) is 0 Å². The monoisotopic (exact) mass is 282 g/mol. The van der Waals surface area contributed by atoms with Gasteiger partial charge in [0.2, 0.25) is 0 Å². The third kappa shape index (κ3) is 25.1. The minimum atomic E-state index is -0.514. The van der Waals surface area contributed by atoms with Gasteiger partial charge in [0.1, 0.15) is 30.7 Å². The lowest BCUT2D eigenvalue weighted by Crippen LogP contribution is -2.05. The third-order valence-electron chi connectivity index (χ3n) is 1.69. The van der Waals surface area contributed by atoms with Crippen LogP contribution >= 0.6 is 0 Å². The summed E-state index contributed by atoms with van der Waals surface area (Å²) < 4.78 is 15.2. The van der Waals surface area contributed by atoms with Crippen LogP contribution in [0.25, 0.3) is 0 Å². The predicted octanol–water partition coefficient (Wildman–Crippen LogP) is -1.54. The van der Waals surface area contributed by atoms with Gasteiger partial charge in [0.05, 0.1) is 0 Å². The van der Waals surface area contributed by atoms with Crippen LogP contribution in [0.5, 0.6) is 0 Å². The van der Waals surface area contributed by atoms with Gasteiger partial charge in [-0.2, -0.15) is 0 Å². The minimum Gasteiger partial charge on any atom is -0.449 e. The van der Waals surface area contributed by atoms with Crippen LogP contribution in [0.2, 0.25) is 6.04 Å². The summed E-state index contributed by atoms with van der Waals surface area (Å²) in [5.41, 5.74) is 0. The van der Waals surface area contributed by atoms with Gasteiger partial charge in [-0.15, -0.1) is 6.58 Å². The smallest absolute Gasteiger partial charge is 0.282 e. The van der Waals surface area contributed by atoms with E-state index in [-0.39, 0.29) is 9.76 Å². The molecular formula is C8H26O3Si4. The Labute approximate surface area is 105 Å². The molecule has 92 valence electrons. The maximum atomic E-state index is 5.43. The maximum absolute atomic E-state index is 5.43. The first-order valence-corrected chi connectivity index (χ1v) is 9.86. The van der Waals surface area contributed by atoms with Crippen LogP contribution in [0.15, 0.2) is 12.7 Å². The van der Waals surface area contributed by atoms with Gasteiger partial charge in [0.25, 0.3) is 10.0 Å². The molecule has 0 atom stereocenters. The Morgan fingerprint density at radius 2 is 2.00 bits per heavy atom. The highest BCUT2D eigenvalue weighted by molar-refractivity contribution is 6.41. The van der Waals surface area contributed by atoms with Crippen LogP contribution in [-0.2, 0) is 12.7 Å². The molecule has 0 aliphatic rings. The van der Waals surface area contributed by atoms with Crippen molar-refractivity contribution in [1.82, 2.24) is 0 Å². The maximum Gasteiger partial charge on any atom is 0.282 e. The summed E-state index contributed by atoms with van der Waals surface area (Å²) >= 11 is 0. The molecule has 0 bridgehead atoms. The van der Waals surface area contributed by atoms with Gasteiger partial charge >= 0.3 is 0 Å². The van der Waals surface area contributed by atoms with Gasteiger partial charge in [-0.1, -0.05) is 18.9 Å². The summed E-state index contributed by atoms with van der Waals surface area (Å²) in [4.78, 5) is 0. The first-order valence-electron chi connectivity index (χ1n) is 5.49. The molecule has 0 heterocycles. The molecule has 0 aromatic rings. The van der Waals surface area contributed by atoms with Crippen molar-refractivity contribution in [3.63, 3.8) is 0 Å². The summed E-state index contributed by atoms with van der Waals surface area (Å²) in [5, 5.41) is 0. The molecule has 0 amide bonds. The molecule has 0 aromatic carbocycles. The number of hydrogen-bond acceptors (Lipinski definition) is 3. The van der Waals surface area contributed by atoms with Gasteiger partial charge in [0, 0.05) is 6.61 Å². The molecule has 0 aromatic heterocycles. The Bertz CT molecular complexity index is 114. The van der Waals surface area contributed by atoms with E-state index in [1.165, 1.54) is 18.9 Å². The summed E-state index contributed by atoms with van der Waals surface area (Å²) in [5.74, 6) is 0. The molecule has 0 aliphatic heterocycles. The van der Waals surface area contributed by atoms with Crippen molar-refractivity contribution in [3.05, 3.63) is 12.7 Å². The van der Waals surface area contributed by atoms with Crippen molar-refractivity contribution in [2.75, 3.05) is 6.61 Å². The molecule has 0 radical (unpaired) electrons. The molecule has 0 fully saturated rings. The molecule has 0 aliphatic carbocycles. The van der Waals surface area contributed by atoms with Gasteiger partial charge < -0.3 is 12.7 Å². The largest absolute Gasteiger partial charge is 0.449 e. The summed E-state index contributed by atoms with van der Waals surface area (Å²) in [6.45, 7) is 6.55. The second kappa shape index (κ2) is 20.0. The van der Waals surface area contributed by atoms with E-state index in [4.69, 9.17) is 8.23 Å². The Balaban J connectivity index is 0. The van der Waals surface area contributed by atoms with E-state index in [9.17, 15) is 0 Å². The molecule has 15 heavy (non-hydrogen) atoms. The molecule has 0 saturated carbocycles. The lowest BCUT2D eigenvalue weighted by molar-refractivity contribution is 0.375. The fourth-order valence-electron chi connectivity index (χ4n) is 0.812. The van der Waals surface area contributed by atoms with E-state index in [1.807, 2.05) is 13.0 Å². The van der Waals surface area contributed by atoms with Crippen molar-refractivity contribution in [2.45, 2.75) is 32.2 Å². The Morgan fingerprint density at radius 1 is 1.33 bits per heavy atom. The third-order valence-corrected chi connectivity index (χ3v) is 5.82. The van der Waals surface area contributed by atoms with Gasteiger partial charge in [-0.25, -0.2) is 0 Å². The highest BCUT2D eigenvalue weighted by Gasteiger charge is 1.89. The summed E-state index contributed by atoms with van der Waals surface area (Å²) in [6.07, 6.45) is 5.73. The van der Waals surface area contributed by atoms with Crippen LogP contribution in [0, 0.1) is 0 Å². The average molecular weight is 283 g/mol. The molecule has 0 saturated heterocycles. The second-order valence-corrected chi connectivity index (χ2v) is 8.90. The zero-order valence-electron chi connectivity index (χ0n) is 10.5. The number of allylic oxidation sites excluding steroid dienone is 1. The van der Waals surface area contributed by atoms with Crippen molar-refractivity contribution < 1.29 is 12.7 Å². The number of hydrogen-bond donors (Lipinski definition) is 0. The lowest BCUT2D eigenvalue weighted by atomic mass is 10.2. The highest BCUT2D eigenvalue weighted by Crippen LogP contribution is 1.99. The van der Waals surface area contributed by atoms with Crippen LogP contribution in [0.1, 0.15) is 26.2 Å². The van der Waals surface area contributed by atoms with E-state index in [0.717, 1.165) is 34.0 Å². The van der Waals surface area contributed by atoms with E-state index >= 15 is 0 Å². The quantitative estimate of drug-likeness (QED) is 0.291. The van der Waals surface area contributed by atoms with E-state index in [1.54, 1.807) is 0 Å². The standard InChI is InChI=1S/C6H18O2Si3.C2H8OSi/c1-2-3-4-5-6-10-8-11-7-9;1-2-3-4/h2H,1,3-6,10-11H2,9H3;2H2,1,4H3. The summed E-state index contributed by atoms with van der Waals surface area (Å²) in [7, 11) is 1.03. The molecule has 0 unspecified atom stereocenters. The average Bonchev–Trinajstić information content (AvgIpc) is 2.28. The Morgan fingerprint density at radius 3 is 2.47 bits per heavy atom. The zero-order valence-corrected chi connectivity index (χ0v) is 17.3. The second-order valence-electron chi connectivity index (χ2n) is 3.03. The number of rotatable bonds is 9. The molecule has 3 nitrogen and oxygen atoms in total. The fourth-order valence-corrected chi connectivity index (χ4v) is 4.82. The van der Waals surface area contributed by atoms with Crippen LogP contribution in [0.3, 0.4) is 0 Å². The fraction of sp³-hybridized carbons (Fsp3) is 0.750. The highest BCUT2D eigenvalue weighted by atomic mass is 28.3. The van der Waals surface area contributed by atoms with E-state index in [2.05, 4.69) is 11.0 Å². The molecule has 0 rings (SSSR count). The van der Waals surface area contributed by atoms with Gasteiger partial charge in [0.15, 0.2) is 0 Å². The predicted molar refractivity (Wildman–Crippen MR) is 79.6 cm³/mol. The topological polar surface area (TPSA) is 27.7 Å². The number of unbranched alkanes of at least 4 members (excludes halogenated alkanes) is 2. The molecule has 7 heteroatoms. The van der Waals surface area contributed by atoms with E-state index < -0.39 is 10.0 Å². The lowest BCUT2D eigenvalue weighted by Gasteiger charge is -2.00. The van der Waals surface area contributed by atoms with Crippen molar-refractivity contribution in [2.24, 2.45) is 0 Å². The zero-order chi connectivity index (χ0) is 11.8. The Kier molecular flexibility index (Phi) is 23.8. The van der Waals surface area contributed by atoms with Crippen LogP contribution in [-0.4, -0.2) is 47.3 Å².